The summed E-state index contributed by atoms with van der Waals surface area (Å²) in [5.74, 6) is -1.44. The summed E-state index contributed by atoms with van der Waals surface area (Å²) in [5.41, 5.74) is 0. The van der Waals surface area contributed by atoms with Crippen LogP contribution in [-0.4, -0.2) is 37.1 Å². The molecule has 0 saturated carbocycles. The normalized spacial score (nSPS) is 19.1. The van der Waals surface area contributed by atoms with Gasteiger partial charge in [0.1, 0.15) is 4.90 Å². The lowest BCUT2D eigenvalue weighted by Crippen LogP contribution is -2.42. The van der Waals surface area contributed by atoms with Crippen molar-refractivity contribution in [2.45, 2.75) is 30.5 Å². The van der Waals surface area contributed by atoms with Crippen molar-refractivity contribution in [1.29, 1.82) is 0 Å². The third-order valence-electron chi connectivity index (χ3n) is 3.40. The van der Waals surface area contributed by atoms with Gasteiger partial charge in [-0.3, -0.25) is 0 Å². The lowest BCUT2D eigenvalue weighted by atomic mass is 9.98. The number of rotatable bonds is 3. The fraction of sp³-hybridized carbons (Fsp3) is 0.636. The first-order chi connectivity index (χ1) is 9.66. The number of hydrogen-bond acceptors (Lipinski definition) is 4. The first-order valence-corrected chi connectivity index (χ1v) is 9.17. The molecule has 2 rings (SSSR count). The molecule has 1 saturated heterocycles. The largest absolute Gasteiger partial charge is 0.391 e. The van der Waals surface area contributed by atoms with E-state index in [1.165, 1.54) is 6.07 Å². The van der Waals surface area contributed by atoms with Gasteiger partial charge in [0.15, 0.2) is 0 Å². The van der Waals surface area contributed by atoms with Crippen LogP contribution in [0.15, 0.2) is 14.7 Å². The van der Waals surface area contributed by atoms with E-state index in [0.717, 1.165) is 15.6 Å². The van der Waals surface area contributed by atoms with Crippen molar-refractivity contribution in [3.8, 4) is 0 Å². The van der Waals surface area contributed by atoms with Gasteiger partial charge in [0.25, 0.3) is 0 Å². The molecular formula is C11H13BrF3NO3S2. The number of piperidine rings is 1. The van der Waals surface area contributed by atoms with E-state index in [4.69, 9.17) is 5.11 Å². The summed E-state index contributed by atoms with van der Waals surface area (Å²) in [6.45, 7) is -0.582. The number of nitrogens with zero attached hydrogens (tertiary/aromatic N) is 1. The van der Waals surface area contributed by atoms with Gasteiger partial charge in [-0.15, -0.1) is 11.3 Å². The van der Waals surface area contributed by atoms with E-state index >= 15 is 0 Å². The van der Waals surface area contributed by atoms with Crippen molar-refractivity contribution < 1.29 is 26.7 Å². The maximum Gasteiger partial charge on any atom is 0.391 e. The zero-order valence-corrected chi connectivity index (χ0v) is 13.9. The van der Waals surface area contributed by atoms with E-state index in [1.54, 1.807) is 0 Å². The Morgan fingerprint density at radius 2 is 1.95 bits per heavy atom. The van der Waals surface area contributed by atoms with Gasteiger partial charge in [-0.25, -0.2) is 8.42 Å². The molecule has 21 heavy (non-hydrogen) atoms. The highest BCUT2D eigenvalue weighted by molar-refractivity contribution is 9.11. The van der Waals surface area contributed by atoms with E-state index in [-0.39, 0.29) is 37.4 Å². The molecule has 1 aromatic rings. The Hall–Kier alpha value is -0.160. The Labute approximate surface area is 132 Å². The van der Waals surface area contributed by atoms with Crippen molar-refractivity contribution in [2.24, 2.45) is 5.92 Å². The molecule has 1 aliphatic rings. The van der Waals surface area contributed by atoms with E-state index in [0.29, 0.717) is 8.66 Å². The summed E-state index contributed by atoms with van der Waals surface area (Å²) < 4.78 is 64.1. The Morgan fingerprint density at radius 1 is 1.38 bits per heavy atom. The molecule has 1 fully saturated rings. The molecule has 120 valence electrons. The molecule has 0 unspecified atom stereocenters. The van der Waals surface area contributed by atoms with Crippen molar-refractivity contribution in [1.82, 2.24) is 4.31 Å². The van der Waals surface area contributed by atoms with Crippen molar-refractivity contribution in [2.75, 3.05) is 13.1 Å². The number of alkyl halides is 3. The molecule has 1 N–H and O–H groups in total. The molecule has 0 aliphatic carbocycles. The Bertz CT molecular complexity index is 607. The van der Waals surface area contributed by atoms with E-state index in [2.05, 4.69) is 15.9 Å². The fourth-order valence-electron chi connectivity index (χ4n) is 2.21. The van der Waals surface area contributed by atoms with E-state index in [1.807, 2.05) is 0 Å². The topological polar surface area (TPSA) is 57.6 Å². The van der Waals surface area contributed by atoms with E-state index in [9.17, 15) is 21.6 Å². The first kappa shape index (κ1) is 17.2. The molecule has 0 radical (unpaired) electrons. The minimum atomic E-state index is -4.27. The first-order valence-electron chi connectivity index (χ1n) is 6.12. The number of aliphatic hydroxyl groups excluding tert-OH is 1. The SMILES string of the molecule is O=S(=O)(c1cc(CO)sc1Br)N1CCC(C(F)(F)F)CC1. The zero-order chi connectivity index (χ0) is 15.8. The Balaban J connectivity index is 2.17. The highest BCUT2D eigenvalue weighted by atomic mass is 79.9. The predicted octanol–water partition coefficient (Wildman–Crippen LogP) is 2.97. The number of thiophene rings is 1. The second kappa shape index (κ2) is 6.15. The van der Waals surface area contributed by atoms with Crippen LogP contribution in [-0.2, 0) is 16.6 Å². The van der Waals surface area contributed by atoms with Gasteiger partial charge in [0, 0.05) is 18.0 Å². The maximum absolute atomic E-state index is 12.6. The lowest BCUT2D eigenvalue weighted by molar-refractivity contribution is -0.182. The summed E-state index contributed by atoms with van der Waals surface area (Å²) in [6, 6.07) is 1.35. The van der Waals surface area contributed by atoms with Gasteiger partial charge < -0.3 is 5.11 Å². The van der Waals surface area contributed by atoms with Crippen LogP contribution < -0.4 is 0 Å². The third kappa shape index (κ3) is 3.61. The van der Waals surface area contributed by atoms with Crippen LogP contribution in [0.5, 0.6) is 0 Å². The molecule has 0 spiro atoms. The van der Waals surface area contributed by atoms with Gasteiger partial charge in [0.2, 0.25) is 10.0 Å². The predicted molar refractivity (Wildman–Crippen MR) is 75.5 cm³/mol. The smallest absolute Gasteiger partial charge is 0.391 e. The second-order valence-electron chi connectivity index (χ2n) is 4.73. The average molecular weight is 408 g/mol. The molecule has 1 aromatic heterocycles. The highest BCUT2D eigenvalue weighted by Crippen LogP contribution is 2.38. The van der Waals surface area contributed by atoms with Crippen LogP contribution in [0.25, 0.3) is 0 Å². The number of sulfonamides is 1. The van der Waals surface area contributed by atoms with Crippen LogP contribution in [0.1, 0.15) is 17.7 Å². The van der Waals surface area contributed by atoms with Gasteiger partial charge in [-0.05, 0) is 34.8 Å². The molecule has 10 heteroatoms. The lowest BCUT2D eigenvalue weighted by Gasteiger charge is -2.32. The van der Waals surface area contributed by atoms with E-state index < -0.39 is 22.1 Å². The van der Waals surface area contributed by atoms with Crippen LogP contribution in [0, 0.1) is 5.92 Å². The summed E-state index contributed by atoms with van der Waals surface area (Å²) in [5, 5.41) is 9.03. The summed E-state index contributed by atoms with van der Waals surface area (Å²) in [7, 11) is -3.83. The molecular weight excluding hydrogens is 395 g/mol. The van der Waals surface area contributed by atoms with Crippen LogP contribution in [0.4, 0.5) is 13.2 Å². The third-order valence-corrected chi connectivity index (χ3v) is 7.53. The Kier molecular flexibility index (Phi) is 5.04. The second-order valence-corrected chi connectivity index (χ2v) is 9.09. The minimum Gasteiger partial charge on any atom is -0.391 e. The van der Waals surface area contributed by atoms with Crippen molar-refractivity contribution >= 4 is 37.3 Å². The molecule has 0 atom stereocenters. The molecule has 2 heterocycles. The average Bonchev–Trinajstić information content (AvgIpc) is 2.80. The molecule has 0 amide bonds. The van der Waals surface area contributed by atoms with Crippen molar-refractivity contribution in [3.05, 3.63) is 14.7 Å². The van der Waals surface area contributed by atoms with Gasteiger partial charge in [0.05, 0.1) is 16.3 Å². The number of hydrogen-bond donors (Lipinski definition) is 1. The summed E-state index contributed by atoms with van der Waals surface area (Å²) in [4.78, 5) is 0.479. The quantitative estimate of drug-likeness (QED) is 0.837. The summed E-state index contributed by atoms with van der Waals surface area (Å²) in [6.07, 6.45) is -4.72. The minimum absolute atomic E-state index is 0.00186. The fourth-order valence-corrected chi connectivity index (χ4v) is 6.18. The Morgan fingerprint density at radius 3 is 2.38 bits per heavy atom. The molecule has 0 bridgehead atoms. The molecule has 4 nitrogen and oxygen atoms in total. The van der Waals surface area contributed by atoms with Gasteiger partial charge in [-0.1, -0.05) is 0 Å². The molecule has 0 aromatic carbocycles. The highest BCUT2D eigenvalue weighted by Gasteiger charge is 2.43. The zero-order valence-electron chi connectivity index (χ0n) is 10.7. The van der Waals surface area contributed by atoms with Crippen LogP contribution in [0.2, 0.25) is 0 Å². The van der Waals surface area contributed by atoms with Gasteiger partial charge in [-0.2, -0.15) is 17.5 Å². The maximum atomic E-state index is 12.6. The van der Waals surface area contributed by atoms with Crippen LogP contribution >= 0.6 is 27.3 Å². The molecule has 1 aliphatic heterocycles. The standard InChI is InChI=1S/C11H13BrF3NO3S2/c12-10-9(5-8(6-17)20-10)21(18,19)16-3-1-7(2-4-16)11(13,14)15/h5,7,17H,1-4,6H2. The summed E-state index contributed by atoms with van der Waals surface area (Å²) >= 11 is 4.22. The van der Waals surface area contributed by atoms with Crippen molar-refractivity contribution in [3.63, 3.8) is 0 Å². The monoisotopic (exact) mass is 407 g/mol. The van der Waals surface area contributed by atoms with Gasteiger partial charge >= 0.3 is 6.18 Å². The number of halogens is 4. The van der Waals surface area contributed by atoms with Crippen LogP contribution in [0.3, 0.4) is 0 Å². The number of aliphatic hydroxyl groups is 1.